The van der Waals surface area contributed by atoms with Gasteiger partial charge in [0.05, 0.1) is 27.7 Å². The molecule has 0 amide bonds. The van der Waals surface area contributed by atoms with Crippen molar-refractivity contribution in [3.63, 3.8) is 0 Å². The first kappa shape index (κ1) is 55.7. The fraction of sp³-hybridized carbons (Fsp3) is 0.750. The van der Waals surface area contributed by atoms with Crippen molar-refractivity contribution in [2.24, 2.45) is 0 Å². The molecule has 0 fully saturated rings. The predicted octanol–water partition coefficient (Wildman–Crippen LogP) is 13.2. The maximum Gasteiger partial charge on any atom is 0.472 e. The molecule has 0 aliphatic carbocycles. The van der Waals surface area contributed by atoms with Crippen LogP contribution in [0.5, 0.6) is 0 Å². The smallest absolute Gasteiger partial charge is 0.462 e. The van der Waals surface area contributed by atoms with E-state index >= 15 is 0 Å². The average molecular weight is 837 g/mol. The third-order valence-electron chi connectivity index (χ3n) is 9.53. The minimum atomic E-state index is -4.39. The summed E-state index contributed by atoms with van der Waals surface area (Å²) in [6.45, 7) is 4.25. The lowest BCUT2D eigenvalue weighted by atomic mass is 10.1. The highest BCUT2D eigenvalue weighted by molar-refractivity contribution is 7.47. The van der Waals surface area contributed by atoms with Gasteiger partial charge in [-0.1, -0.05) is 152 Å². The van der Waals surface area contributed by atoms with E-state index in [1.165, 1.54) is 89.9 Å². The summed E-state index contributed by atoms with van der Waals surface area (Å²) in [4.78, 5) is 35.4. The lowest BCUT2D eigenvalue weighted by Gasteiger charge is -2.24. The molecule has 0 aliphatic rings. The van der Waals surface area contributed by atoms with Crippen molar-refractivity contribution < 1.29 is 42.1 Å². The Morgan fingerprint density at radius 2 is 0.983 bits per heavy atom. The molecule has 58 heavy (non-hydrogen) atoms. The van der Waals surface area contributed by atoms with Crippen LogP contribution in [0.3, 0.4) is 0 Å². The molecule has 0 saturated carbocycles. The van der Waals surface area contributed by atoms with Gasteiger partial charge in [0.15, 0.2) is 6.10 Å². The number of hydrogen-bond donors (Lipinski definition) is 1. The summed E-state index contributed by atoms with van der Waals surface area (Å²) in [7, 11) is 1.44. The minimum Gasteiger partial charge on any atom is -0.462 e. The Bertz CT molecular complexity index is 1170. The molecule has 10 heteroatoms. The first-order valence-electron chi connectivity index (χ1n) is 23.0. The topological polar surface area (TPSA) is 108 Å². The molecule has 0 rings (SSSR count). The number of esters is 2. The molecule has 0 aromatic rings. The van der Waals surface area contributed by atoms with E-state index in [0.29, 0.717) is 17.4 Å². The lowest BCUT2D eigenvalue weighted by Crippen LogP contribution is -2.37. The molecule has 0 radical (unpaired) electrons. The molecule has 0 bridgehead atoms. The summed E-state index contributed by atoms with van der Waals surface area (Å²) in [6.07, 6.45) is 48.5. The number of phosphoric ester groups is 1. The Balaban J connectivity index is 4.37. The van der Waals surface area contributed by atoms with Crippen LogP contribution in [-0.2, 0) is 32.7 Å². The Kier molecular flexibility index (Phi) is 38.5. The van der Waals surface area contributed by atoms with Crippen LogP contribution in [0.4, 0.5) is 0 Å². The van der Waals surface area contributed by atoms with Crippen LogP contribution < -0.4 is 0 Å². The van der Waals surface area contributed by atoms with Gasteiger partial charge in [-0.15, -0.1) is 0 Å². The number of carbonyl (C=O) groups is 2. The van der Waals surface area contributed by atoms with E-state index in [0.717, 1.165) is 57.8 Å². The largest absolute Gasteiger partial charge is 0.472 e. The molecule has 0 aliphatic heterocycles. The number of quaternary nitrogens is 1. The highest BCUT2D eigenvalue weighted by atomic mass is 31.2. The zero-order chi connectivity index (χ0) is 42.8. The molecule has 0 heterocycles. The summed E-state index contributed by atoms with van der Waals surface area (Å²) < 4.78 is 34.3. The van der Waals surface area contributed by atoms with Gasteiger partial charge in [-0.3, -0.25) is 18.6 Å². The summed E-state index contributed by atoms with van der Waals surface area (Å²) in [5.41, 5.74) is 0. The number of carbonyl (C=O) groups excluding carboxylic acids is 2. The van der Waals surface area contributed by atoms with Crippen LogP contribution in [0, 0.1) is 0 Å². The first-order valence-corrected chi connectivity index (χ1v) is 24.5. The van der Waals surface area contributed by atoms with Crippen LogP contribution in [-0.4, -0.2) is 74.9 Å². The van der Waals surface area contributed by atoms with Crippen LogP contribution >= 0.6 is 7.82 Å². The van der Waals surface area contributed by atoms with E-state index in [1.807, 2.05) is 21.1 Å². The average Bonchev–Trinajstić information content (AvgIpc) is 3.17. The highest BCUT2D eigenvalue weighted by Crippen LogP contribution is 2.43. The van der Waals surface area contributed by atoms with Crippen molar-refractivity contribution in [2.45, 2.75) is 187 Å². The highest BCUT2D eigenvalue weighted by Gasteiger charge is 2.27. The van der Waals surface area contributed by atoms with Gasteiger partial charge in [0.2, 0.25) is 0 Å². The molecular formula is C48H87NO8P+. The summed E-state index contributed by atoms with van der Waals surface area (Å²) in [6, 6.07) is 0. The fourth-order valence-electron chi connectivity index (χ4n) is 5.94. The zero-order valence-electron chi connectivity index (χ0n) is 37.8. The second-order valence-corrected chi connectivity index (χ2v) is 17.9. The third-order valence-corrected chi connectivity index (χ3v) is 10.5. The quantitative estimate of drug-likeness (QED) is 0.0213. The van der Waals surface area contributed by atoms with Gasteiger partial charge in [0.25, 0.3) is 0 Å². The van der Waals surface area contributed by atoms with Crippen molar-refractivity contribution in [3.05, 3.63) is 60.8 Å². The van der Waals surface area contributed by atoms with Crippen LogP contribution in [0.1, 0.15) is 181 Å². The standard InChI is InChI=1S/C48H86NO8P/c1-6-8-10-12-14-16-18-20-22-23-24-25-27-28-30-32-34-36-38-40-47(50)54-44-46(45-56-58(52,53)55-43-42-49(3,4)5)57-48(51)41-39-37-35-33-31-29-26-21-19-17-15-13-11-9-7-2/h9,11,15,17,20-22,26,31,33,46H,6-8,10,12-14,16,18-19,23-25,27-30,32,34-45H2,1-5H3/p+1/b11-9-,17-15-,22-20-,26-21-,33-31-/t46-/m1/s1. The number of nitrogens with zero attached hydrogens (tertiary/aromatic N) is 1. The van der Waals surface area contributed by atoms with Gasteiger partial charge >= 0.3 is 19.8 Å². The van der Waals surface area contributed by atoms with Crippen LogP contribution in [0.2, 0.25) is 0 Å². The third kappa shape index (κ3) is 43.3. The fourth-order valence-corrected chi connectivity index (χ4v) is 6.68. The lowest BCUT2D eigenvalue weighted by molar-refractivity contribution is -0.870. The maximum atomic E-state index is 12.7. The van der Waals surface area contributed by atoms with Crippen molar-refractivity contribution in [2.75, 3.05) is 47.5 Å². The van der Waals surface area contributed by atoms with E-state index in [9.17, 15) is 19.0 Å². The van der Waals surface area contributed by atoms with Gasteiger partial charge in [-0.05, 0) is 77.0 Å². The van der Waals surface area contributed by atoms with Gasteiger partial charge in [0, 0.05) is 12.8 Å². The Hall–Kier alpha value is -2.29. The van der Waals surface area contributed by atoms with Crippen molar-refractivity contribution in [1.29, 1.82) is 0 Å². The monoisotopic (exact) mass is 837 g/mol. The molecular weight excluding hydrogens is 750 g/mol. The minimum absolute atomic E-state index is 0.0211. The normalized spacial score (nSPS) is 14.1. The van der Waals surface area contributed by atoms with Gasteiger partial charge in [0.1, 0.15) is 19.8 Å². The molecule has 1 unspecified atom stereocenters. The van der Waals surface area contributed by atoms with E-state index in [-0.39, 0.29) is 32.0 Å². The van der Waals surface area contributed by atoms with Crippen molar-refractivity contribution >= 4 is 19.8 Å². The molecule has 0 aromatic heterocycles. The second-order valence-electron chi connectivity index (χ2n) is 16.4. The molecule has 0 spiro atoms. The first-order chi connectivity index (χ1) is 28.0. The van der Waals surface area contributed by atoms with Gasteiger partial charge in [-0.25, -0.2) is 4.57 Å². The van der Waals surface area contributed by atoms with Crippen LogP contribution in [0.15, 0.2) is 60.8 Å². The van der Waals surface area contributed by atoms with Gasteiger partial charge < -0.3 is 18.9 Å². The number of rotatable bonds is 41. The molecule has 336 valence electrons. The zero-order valence-corrected chi connectivity index (χ0v) is 38.7. The number of phosphoric acid groups is 1. The summed E-state index contributed by atoms with van der Waals surface area (Å²) >= 11 is 0. The summed E-state index contributed by atoms with van der Waals surface area (Å²) in [5.74, 6) is -0.851. The van der Waals surface area contributed by atoms with E-state index < -0.39 is 26.5 Å². The number of hydrogen-bond acceptors (Lipinski definition) is 7. The number of allylic oxidation sites excluding steroid dienone is 10. The number of likely N-dealkylation sites (N-methyl/N-ethyl adjacent to an activating group) is 1. The maximum absolute atomic E-state index is 12.7. The van der Waals surface area contributed by atoms with E-state index in [1.54, 1.807) is 0 Å². The molecule has 2 atom stereocenters. The van der Waals surface area contributed by atoms with Crippen molar-refractivity contribution in [1.82, 2.24) is 0 Å². The molecule has 0 aromatic carbocycles. The summed E-state index contributed by atoms with van der Waals surface area (Å²) in [5, 5.41) is 0. The van der Waals surface area contributed by atoms with Crippen LogP contribution in [0.25, 0.3) is 0 Å². The second kappa shape index (κ2) is 40.1. The number of unbranched alkanes of at least 4 members (excludes halogenated alkanes) is 17. The Morgan fingerprint density at radius 3 is 1.52 bits per heavy atom. The SMILES string of the molecule is CC/C=C\C/C=C\C/C=C\C/C=C\CCCCC(=O)O[C@H](COC(=O)CCCCCCCCCCC/C=C\CCCCCCCC)COP(=O)(O)OCC[N+](C)(C)C. The van der Waals surface area contributed by atoms with E-state index in [4.69, 9.17) is 18.5 Å². The Morgan fingerprint density at radius 1 is 0.552 bits per heavy atom. The predicted molar refractivity (Wildman–Crippen MR) is 243 cm³/mol. The van der Waals surface area contributed by atoms with Gasteiger partial charge in [-0.2, -0.15) is 0 Å². The molecule has 0 saturated heterocycles. The molecule has 9 nitrogen and oxygen atoms in total. The van der Waals surface area contributed by atoms with Crippen molar-refractivity contribution in [3.8, 4) is 0 Å². The number of ether oxygens (including phenoxy) is 2. The molecule has 1 N–H and O–H groups in total. The van der Waals surface area contributed by atoms with E-state index in [2.05, 4.69) is 74.6 Å². The Labute approximate surface area is 356 Å².